The van der Waals surface area contributed by atoms with Crippen molar-refractivity contribution < 1.29 is 23.4 Å². The monoisotopic (exact) mass is 369 g/mol. The molecule has 0 bridgehead atoms. The van der Waals surface area contributed by atoms with E-state index < -0.39 is 21.7 Å². The molecule has 0 aromatic heterocycles. The number of nitrogens with one attached hydrogen (secondary N) is 1. The third-order valence-corrected chi connectivity index (χ3v) is 6.05. The maximum atomic E-state index is 12.9. The minimum atomic E-state index is -3.90. The Kier molecular flexibility index (Phi) is 3.62. The van der Waals surface area contributed by atoms with Crippen molar-refractivity contribution in [2.24, 2.45) is 0 Å². The Bertz CT molecular complexity index is 1160. The molecule has 0 saturated heterocycles. The van der Waals surface area contributed by atoms with Crippen molar-refractivity contribution in [1.82, 2.24) is 0 Å². The summed E-state index contributed by atoms with van der Waals surface area (Å²) in [6.07, 6.45) is 1.79. The summed E-state index contributed by atoms with van der Waals surface area (Å²) >= 11 is 0. The molecular formula is C19H15NO5S. The van der Waals surface area contributed by atoms with Gasteiger partial charge in [-0.1, -0.05) is 24.3 Å². The first kappa shape index (κ1) is 16.4. The quantitative estimate of drug-likeness (QED) is 0.655. The first-order chi connectivity index (χ1) is 12.4. The van der Waals surface area contributed by atoms with Gasteiger partial charge >= 0.3 is 5.97 Å². The lowest BCUT2D eigenvalue weighted by molar-refractivity contribution is 0.0694. The number of aromatic carboxylic acids is 1. The summed E-state index contributed by atoms with van der Waals surface area (Å²) in [7, 11) is -3.90. The minimum Gasteiger partial charge on any atom is -0.507 e. The number of hydrogen-bond donors (Lipinski definition) is 3. The van der Waals surface area contributed by atoms with Crippen LogP contribution in [-0.4, -0.2) is 24.6 Å². The van der Waals surface area contributed by atoms with E-state index in [1.54, 1.807) is 12.1 Å². The van der Waals surface area contributed by atoms with E-state index in [1.165, 1.54) is 6.07 Å². The number of hydrogen-bond acceptors (Lipinski definition) is 4. The molecule has 0 fully saturated rings. The van der Waals surface area contributed by atoms with E-state index in [-0.39, 0.29) is 16.1 Å². The van der Waals surface area contributed by atoms with Crippen molar-refractivity contribution in [3.05, 3.63) is 65.2 Å². The molecule has 0 unspecified atom stereocenters. The molecule has 0 atom stereocenters. The number of sulfonamides is 1. The van der Waals surface area contributed by atoms with Gasteiger partial charge in [0.05, 0.1) is 10.6 Å². The smallest absolute Gasteiger partial charge is 0.339 e. The zero-order valence-electron chi connectivity index (χ0n) is 13.6. The Morgan fingerprint density at radius 3 is 2.42 bits per heavy atom. The fourth-order valence-electron chi connectivity index (χ4n) is 3.44. The van der Waals surface area contributed by atoms with Crippen LogP contribution in [0.15, 0.2) is 53.4 Å². The molecule has 26 heavy (non-hydrogen) atoms. The number of benzene rings is 3. The van der Waals surface area contributed by atoms with Crippen LogP contribution in [0, 0.1) is 0 Å². The average molecular weight is 369 g/mol. The molecule has 6 nitrogen and oxygen atoms in total. The largest absolute Gasteiger partial charge is 0.507 e. The first-order valence-corrected chi connectivity index (χ1v) is 9.48. The fraction of sp³-hybridized carbons (Fsp3) is 0.105. The van der Waals surface area contributed by atoms with E-state index in [2.05, 4.69) is 4.72 Å². The average Bonchev–Trinajstić information content (AvgIpc) is 2.99. The van der Waals surface area contributed by atoms with Crippen LogP contribution in [-0.2, 0) is 22.9 Å². The summed E-state index contributed by atoms with van der Waals surface area (Å²) < 4.78 is 28.2. The van der Waals surface area contributed by atoms with Crippen molar-refractivity contribution in [3.63, 3.8) is 0 Å². The molecule has 3 aromatic carbocycles. The first-order valence-electron chi connectivity index (χ1n) is 7.99. The Morgan fingerprint density at radius 2 is 1.73 bits per heavy atom. The number of rotatable bonds is 4. The number of anilines is 1. The normalized spacial score (nSPS) is 13.1. The third-order valence-electron chi connectivity index (χ3n) is 4.61. The minimum absolute atomic E-state index is 0.0933. The predicted octanol–water partition coefficient (Wildman–Crippen LogP) is 3.14. The van der Waals surface area contributed by atoms with Crippen LogP contribution < -0.4 is 4.72 Å². The highest BCUT2D eigenvalue weighted by Crippen LogP contribution is 2.35. The molecule has 0 saturated carbocycles. The Labute approximate surface area is 149 Å². The predicted molar refractivity (Wildman–Crippen MR) is 97.2 cm³/mol. The van der Waals surface area contributed by atoms with E-state index in [1.807, 2.05) is 18.2 Å². The summed E-state index contributed by atoms with van der Waals surface area (Å²) in [6.45, 7) is 0. The maximum Gasteiger partial charge on any atom is 0.339 e. The molecule has 0 aliphatic heterocycles. The Hall–Kier alpha value is -3.06. The zero-order chi connectivity index (χ0) is 18.5. The SMILES string of the molecule is O=C(O)c1ccc(NS(=O)(=O)c2ccc3c4c(cccc24)CC3)cc1O. The van der Waals surface area contributed by atoms with Crippen molar-refractivity contribution >= 4 is 32.5 Å². The summed E-state index contributed by atoms with van der Waals surface area (Å²) in [4.78, 5) is 11.1. The van der Waals surface area contributed by atoms with Crippen LogP contribution in [0.2, 0.25) is 0 Å². The number of carboxylic acids is 1. The molecule has 0 radical (unpaired) electrons. The maximum absolute atomic E-state index is 12.9. The van der Waals surface area contributed by atoms with Crippen LogP contribution >= 0.6 is 0 Å². The zero-order valence-corrected chi connectivity index (χ0v) is 14.4. The van der Waals surface area contributed by atoms with Crippen LogP contribution in [0.1, 0.15) is 21.5 Å². The number of aromatic hydroxyl groups is 1. The topological polar surface area (TPSA) is 104 Å². The molecular weight excluding hydrogens is 354 g/mol. The van der Waals surface area contributed by atoms with Crippen LogP contribution in [0.3, 0.4) is 0 Å². The Morgan fingerprint density at radius 1 is 1.00 bits per heavy atom. The second kappa shape index (κ2) is 5.74. The fourth-order valence-corrected chi connectivity index (χ4v) is 4.69. The second-order valence-corrected chi connectivity index (χ2v) is 7.86. The highest BCUT2D eigenvalue weighted by Gasteiger charge is 2.23. The van der Waals surface area contributed by atoms with Crippen molar-refractivity contribution in [1.29, 1.82) is 0 Å². The Balaban J connectivity index is 1.78. The van der Waals surface area contributed by atoms with Crippen molar-refractivity contribution in [2.45, 2.75) is 17.7 Å². The lowest BCUT2D eigenvalue weighted by Crippen LogP contribution is -2.13. The molecule has 0 heterocycles. The summed E-state index contributed by atoms with van der Waals surface area (Å²) in [5, 5.41) is 20.4. The van der Waals surface area contributed by atoms with E-state index in [0.29, 0.717) is 5.39 Å². The standard InChI is InChI=1S/C19H15NO5S/c21-16-10-13(7-8-14(16)19(22)23)20-26(24,25)17-9-6-12-5-4-11-2-1-3-15(17)18(11)12/h1-3,6-10,20-21H,4-5H2,(H,22,23). The van der Waals surface area contributed by atoms with Gasteiger partial charge < -0.3 is 10.2 Å². The van der Waals surface area contributed by atoms with Gasteiger partial charge in [-0.05, 0) is 47.6 Å². The van der Waals surface area contributed by atoms with Gasteiger partial charge in [0.15, 0.2) is 0 Å². The molecule has 0 spiro atoms. The molecule has 1 aliphatic carbocycles. The third kappa shape index (κ3) is 2.57. The van der Waals surface area contributed by atoms with Crippen LogP contribution in [0.4, 0.5) is 5.69 Å². The van der Waals surface area contributed by atoms with E-state index in [0.717, 1.165) is 41.5 Å². The van der Waals surface area contributed by atoms with Gasteiger partial charge in [-0.3, -0.25) is 4.72 Å². The number of carbonyl (C=O) groups is 1. The van der Waals surface area contributed by atoms with Gasteiger partial charge in [-0.25, -0.2) is 13.2 Å². The van der Waals surface area contributed by atoms with E-state index >= 15 is 0 Å². The van der Waals surface area contributed by atoms with Gasteiger partial charge in [-0.15, -0.1) is 0 Å². The number of carboxylic acid groups (broad SMARTS) is 1. The summed E-state index contributed by atoms with van der Waals surface area (Å²) in [5.74, 6) is -1.79. The van der Waals surface area contributed by atoms with E-state index in [4.69, 9.17) is 5.11 Å². The van der Waals surface area contributed by atoms with Gasteiger partial charge in [0.2, 0.25) is 0 Å². The van der Waals surface area contributed by atoms with Crippen molar-refractivity contribution in [2.75, 3.05) is 4.72 Å². The second-order valence-electron chi connectivity index (χ2n) is 6.21. The van der Waals surface area contributed by atoms with Crippen LogP contribution in [0.25, 0.3) is 10.8 Å². The molecule has 3 N–H and O–H groups in total. The summed E-state index contributed by atoms with van der Waals surface area (Å²) in [5.41, 5.74) is 2.07. The molecule has 4 rings (SSSR count). The lowest BCUT2D eigenvalue weighted by Gasteiger charge is -2.12. The molecule has 132 valence electrons. The van der Waals surface area contributed by atoms with E-state index in [9.17, 15) is 18.3 Å². The van der Waals surface area contributed by atoms with Gasteiger partial charge in [0.25, 0.3) is 10.0 Å². The van der Waals surface area contributed by atoms with Gasteiger partial charge in [-0.2, -0.15) is 0 Å². The van der Waals surface area contributed by atoms with Crippen molar-refractivity contribution in [3.8, 4) is 5.75 Å². The highest BCUT2D eigenvalue weighted by molar-refractivity contribution is 7.93. The number of aryl methyl sites for hydroxylation is 2. The molecule has 0 amide bonds. The van der Waals surface area contributed by atoms with Gasteiger partial charge in [0.1, 0.15) is 11.3 Å². The summed E-state index contributed by atoms with van der Waals surface area (Å²) in [6, 6.07) is 12.6. The molecule has 7 heteroatoms. The van der Waals surface area contributed by atoms with Crippen LogP contribution in [0.5, 0.6) is 5.75 Å². The lowest BCUT2D eigenvalue weighted by atomic mass is 10.1. The van der Waals surface area contributed by atoms with Gasteiger partial charge in [0, 0.05) is 11.5 Å². The molecule has 3 aromatic rings. The number of phenols is 1. The highest BCUT2D eigenvalue weighted by atomic mass is 32.2. The molecule has 1 aliphatic rings.